The first kappa shape index (κ1) is 12.3. The fourth-order valence-corrected chi connectivity index (χ4v) is 1.61. The van der Waals surface area contributed by atoms with Crippen LogP contribution >= 0.6 is 23.2 Å². The number of rotatable bonds is 4. The van der Waals surface area contributed by atoms with Crippen LogP contribution in [0.15, 0.2) is 6.20 Å². The van der Waals surface area contributed by atoms with Crippen molar-refractivity contribution in [1.29, 1.82) is 0 Å². The summed E-state index contributed by atoms with van der Waals surface area (Å²) in [4.78, 5) is 9.91. The normalized spacial score (nSPS) is 12.3. The summed E-state index contributed by atoms with van der Waals surface area (Å²) < 4.78 is 4.92. The molecule has 1 heterocycles. The maximum atomic E-state index is 5.97. The van der Waals surface area contributed by atoms with E-state index in [2.05, 4.69) is 9.97 Å². The van der Waals surface area contributed by atoms with Gasteiger partial charge in [-0.3, -0.25) is 0 Å². The van der Waals surface area contributed by atoms with Crippen molar-refractivity contribution in [2.45, 2.75) is 12.3 Å². The molecule has 1 aromatic rings. The summed E-state index contributed by atoms with van der Waals surface area (Å²) in [5.74, 6) is 0.621. The molecule has 0 saturated heterocycles. The van der Waals surface area contributed by atoms with Crippen molar-refractivity contribution < 1.29 is 4.74 Å². The van der Waals surface area contributed by atoms with Crippen LogP contribution in [-0.2, 0) is 0 Å². The monoisotopic (exact) mass is 249 g/mol. The van der Waals surface area contributed by atoms with Gasteiger partial charge in [0.25, 0.3) is 0 Å². The SMILES string of the molecule is COc1ncc(Cl)c(N(C)CC(C)Cl)n1. The average Bonchev–Trinajstić information content (AvgIpc) is 2.17. The predicted molar refractivity (Wildman–Crippen MR) is 62.2 cm³/mol. The van der Waals surface area contributed by atoms with Gasteiger partial charge >= 0.3 is 6.01 Å². The molecule has 0 bridgehead atoms. The molecule has 1 unspecified atom stereocenters. The van der Waals surface area contributed by atoms with Crippen LogP contribution in [0.1, 0.15) is 6.92 Å². The van der Waals surface area contributed by atoms with Crippen LogP contribution in [0, 0.1) is 0 Å². The number of hydrogen-bond acceptors (Lipinski definition) is 4. The minimum absolute atomic E-state index is 0.0204. The Hall–Kier alpha value is -0.740. The van der Waals surface area contributed by atoms with Crippen molar-refractivity contribution in [2.75, 3.05) is 25.6 Å². The molecule has 0 aliphatic rings. The van der Waals surface area contributed by atoms with E-state index in [9.17, 15) is 0 Å². The number of alkyl halides is 1. The average molecular weight is 250 g/mol. The summed E-state index contributed by atoms with van der Waals surface area (Å²) in [6, 6.07) is 0.295. The van der Waals surface area contributed by atoms with E-state index in [0.717, 1.165) is 0 Å². The second-order valence-electron chi connectivity index (χ2n) is 3.19. The van der Waals surface area contributed by atoms with Gasteiger partial charge in [0, 0.05) is 19.0 Å². The number of aromatic nitrogens is 2. The molecule has 0 spiro atoms. The Morgan fingerprint density at radius 1 is 1.60 bits per heavy atom. The molecule has 1 aromatic heterocycles. The summed E-state index contributed by atoms with van der Waals surface area (Å²) in [7, 11) is 3.38. The molecular weight excluding hydrogens is 237 g/mol. The molecule has 0 saturated carbocycles. The number of hydrogen-bond donors (Lipinski definition) is 0. The summed E-state index contributed by atoms with van der Waals surface area (Å²) in [6.45, 7) is 2.56. The lowest BCUT2D eigenvalue weighted by Crippen LogP contribution is -2.25. The minimum atomic E-state index is 0.0204. The Kier molecular flexibility index (Phi) is 4.42. The van der Waals surface area contributed by atoms with Crippen molar-refractivity contribution in [1.82, 2.24) is 9.97 Å². The lowest BCUT2D eigenvalue weighted by molar-refractivity contribution is 0.380. The molecule has 1 atom stereocenters. The van der Waals surface area contributed by atoms with Crippen molar-refractivity contribution in [3.05, 3.63) is 11.2 Å². The van der Waals surface area contributed by atoms with Crippen molar-refractivity contribution in [3.8, 4) is 6.01 Å². The van der Waals surface area contributed by atoms with E-state index in [4.69, 9.17) is 27.9 Å². The second-order valence-corrected chi connectivity index (χ2v) is 4.34. The molecule has 0 fully saturated rings. The fraction of sp³-hybridized carbons (Fsp3) is 0.556. The van der Waals surface area contributed by atoms with Crippen LogP contribution in [0.4, 0.5) is 5.82 Å². The lowest BCUT2D eigenvalue weighted by Gasteiger charge is -2.20. The topological polar surface area (TPSA) is 38.2 Å². The van der Waals surface area contributed by atoms with Crippen LogP contribution in [0.3, 0.4) is 0 Å². The molecule has 15 heavy (non-hydrogen) atoms. The van der Waals surface area contributed by atoms with E-state index in [1.54, 1.807) is 0 Å². The third-order valence-corrected chi connectivity index (χ3v) is 2.18. The fourth-order valence-electron chi connectivity index (χ4n) is 1.17. The smallest absolute Gasteiger partial charge is 0.318 e. The van der Waals surface area contributed by atoms with Gasteiger partial charge in [-0.15, -0.1) is 11.6 Å². The zero-order valence-corrected chi connectivity index (χ0v) is 10.4. The van der Waals surface area contributed by atoms with Gasteiger partial charge < -0.3 is 9.64 Å². The Balaban J connectivity index is 2.91. The van der Waals surface area contributed by atoms with Crippen LogP contribution in [0.25, 0.3) is 0 Å². The van der Waals surface area contributed by atoms with Gasteiger partial charge in [-0.1, -0.05) is 11.6 Å². The molecule has 84 valence electrons. The highest BCUT2D eigenvalue weighted by atomic mass is 35.5. The van der Waals surface area contributed by atoms with Gasteiger partial charge in [-0.05, 0) is 6.92 Å². The molecule has 0 aliphatic carbocycles. The first-order valence-electron chi connectivity index (χ1n) is 4.46. The van der Waals surface area contributed by atoms with Crippen LogP contribution in [-0.4, -0.2) is 36.0 Å². The number of ether oxygens (including phenoxy) is 1. The zero-order valence-electron chi connectivity index (χ0n) is 8.87. The molecule has 0 radical (unpaired) electrons. The van der Waals surface area contributed by atoms with E-state index >= 15 is 0 Å². The quantitative estimate of drug-likeness (QED) is 0.768. The number of halogens is 2. The third-order valence-electron chi connectivity index (χ3n) is 1.77. The Labute approximate surface area is 99.2 Å². The highest BCUT2D eigenvalue weighted by Gasteiger charge is 2.12. The van der Waals surface area contributed by atoms with Crippen molar-refractivity contribution in [3.63, 3.8) is 0 Å². The Bertz CT molecular complexity index is 333. The number of anilines is 1. The highest BCUT2D eigenvalue weighted by Crippen LogP contribution is 2.23. The van der Waals surface area contributed by atoms with Gasteiger partial charge in [-0.25, -0.2) is 4.98 Å². The van der Waals surface area contributed by atoms with Crippen molar-refractivity contribution in [2.24, 2.45) is 0 Å². The molecule has 0 aromatic carbocycles. The van der Waals surface area contributed by atoms with E-state index in [0.29, 0.717) is 23.4 Å². The summed E-state index contributed by atoms with van der Waals surface area (Å²) >= 11 is 11.9. The van der Waals surface area contributed by atoms with E-state index in [1.807, 2.05) is 18.9 Å². The van der Waals surface area contributed by atoms with Crippen LogP contribution in [0.2, 0.25) is 5.02 Å². The Morgan fingerprint density at radius 3 is 2.80 bits per heavy atom. The molecule has 0 amide bonds. The van der Waals surface area contributed by atoms with Gasteiger partial charge in [0.15, 0.2) is 5.82 Å². The molecule has 1 rings (SSSR count). The van der Waals surface area contributed by atoms with Crippen LogP contribution in [0.5, 0.6) is 6.01 Å². The lowest BCUT2D eigenvalue weighted by atomic mass is 10.4. The molecule has 0 N–H and O–H groups in total. The van der Waals surface area contributed by atoms with E-state index in [1.165, 1.54) is 13.3 Å². The summed E-state index contributed by atoms with van der Waals surface area (Å²) in [5, 5.41) is 0.502. The highest BCUT2D eigenvalue weighted by molar-refractivity contribution is 6.32. The largest absolute Gasteiger partial charge is 0.467 e. The molecule has 6 heteroatoms. The maximum Gasteiger partial charge on any atom is 0.318 e. The van der Waals surface area contributed by atoms with Gasteiger partial charge in [0.2, 0.25) is 0 Å². The second kappa shape index (κ2) is 5.37. The predicted octanol–water partition coefficient (Wildman–Crippen LogP) is 2.20. The molecule has 0 aliphatic heterocycles. The molecule has 4 nitrogen and oxygen atoms in total. The number of methoxy groups -OCH3 is 1. The summed E-state index contributed by atoms with van der Waals surface area (Å²) in [5.41, 5.74) is 0. The Morgan fingerprint density at radius 2 is 2.27 bits per heavy atom. The first-order chi connectivity index (χ1) is 7.04. The van der Waals surface area contributed by atoms with Crippen LogP contribution < -0.4 is 9.64 Å². The number of nitrogens with zero attached hydrogens (tertiary/aromatic N) is 3. The van der Waals surface area contributed by atoms with Crippen molar-refractivity contribution >= 4 is 29.0 Å². The first-order valence-corrected chi connectivity index (χ1v) is 5.27. The van der Waals surface area contributed by atoms with Gasteiger partial charge in [0.05, 0.1) is 13.3 Å². The third kappa shape index (κ3) is 3.39. The van der Waals surface area contributed by atoms with E-state index < -0.39 is 0 Å². The molecular formula is C9H13Cl2N3O. The maximum absolute atomic E-state index is 5.97. The van der Waals surface area contributed by atoms with Gasteiger partial charge in [-0.2, -0.15) is 4.98 Å². The minimum Gasteiger partial charge on any atom is -0.467 e. The summed E-state index contributed by atoms with van der Waals surface area (Å²) in [6.07, 6.45) is 1.51. The van der Waals surface area contributed by atoms with E-state index in [-0.39, 0.29) is 5.38 Å². The zero-order chi connectivity index (χ0) is 11.4. The standard InChI is InChI=1S/C9H13Cl2N3O/c1-6(10)5-14(2)8-7(11)4-12-9(13-8)15-3/h4,6H,5H2,1-3H3. The van der Waals surface area contributed by atoms with Gasteiger partial charge in [0.1, 0.15) is 5.02 Å².